The average Bonchev–Trinajstić information content (AvgIpc) is 3.38. The summed E-state index contributed by atoms with van der Waals surface area (Å²) in [6.07, 6.45) is -13.0. The molecule has 2 fully saturated rings. The minimum atomic E-state index is -1.86. The van der Waals surface area contributed by atoms with Gasteiger partial charge in [-0.15, -0.1) is 0 Å². The van der Waals surface area contributed by atoms with E-state index in [4.69, 9.17) is 42.6 Å². The zero-order chi connectivity index (χ0) is 46.2. The molecule has 0 aromatic heterocycles. The number of rotatable bonds is 20. The molecule has 1 unspecified atom stereocenters. The first-order valence-electron chi connectivity index (χ1n) is 22.3. The van der Waals surface area contributed by atoms with Gasteiger partial charge in [0.15, 0.2) is 24.8 Å². The van der Waals surface area contributed by atoms with Crippen LogP contribution < -0.4 is 0 Å². The molecule has 6 aromatic carbocycles. The number of benzene rings is 6. The van der Waals surface area contributed by atoms with E-state index < -0.39 is 80.0 Å². The molecule has 0 spiro atoms. The first-order chi connectivity index (χ1) is 32.9. The number of aliphatic hydroxyl groups excluding tert-OH is 2. The van der Waals surface area contributed by atoms with Gasteiger partial charge in [0.05, 0.1) is 50.8 Å². The highest BCUT2D eigenvalue weighted by molar-refractivity contribution is 5.90. The van der Waals surface area contributed by atoms with E-state index >= 15 is 0 Å². The summed E-state index contributed by atoms with van der Waals surface area (Å²) in [6, 6.07) is 55.0. The van der Waals surface area contributed by atoms with E-state index in [1.165, 1.54) is 0 Å². The maximum Gasteiger partial charge on any atom is 0.338 e. The lowest BCUT2D eigenvalue weighted by Crippen LogP contribution is -2.66. The summed E-state index contributed by atoms with van der Waals surface area (Å²) in [7, 11) is 0. The summed E-state index contributed by atoms with van der Waals surface area (Å²) < 4.78 is 58.8. The second-order valence-electron chi connectivity index (χ2n) is 16.1. The lowest BCUT2D eigenvalue weighted by molar-refractivity contribution is -0.366. The van der Waals surface area contributed by atoms with Gasteiger partial charge in [-0.25, -0.2) is 9.59 Å². The maximum atomic E-state index is 13.9. The number of aliphatic hydroxyl groups is 2. The van der Waals surface area contributed by atoms with Gasteiger partial charge in [0.25, 0.3) is 0 Å². The second kappa shape index (κ2) is 24.1. The molecule has 67 heavy (non-hydrogen) atoms. The van der Waals surface area contributed by atoms with Crippen molar-refractivity contribution in [2.75, 3.05) is 13.2 Å². The molecule has 0 radical (unpaired) electrons. The summed E-state index contributed by atoms with van der Waals surface area (Å²) >= 11 is 0. The predicted molar refractivity (Wildman–Crippen MR) is 244 cm³/mol. The van der Waals surface area contributed by atoms with E-state index in [9.17, 15) is 19.8 Å². The van der Waals surface area contributed by atoms with Crippen LogP contribution >= 0.6 is 0 Å². The Kier molecular flexibility index (Phi) is 17.0. The van der Waals surface area contributed by atoms with Gasteiger partial charge >= 0.3 is 11.9 Å². The topological polar surface area (TPSA) is 158 Å². The third-order valence-corrected chi connectivity index (χ3v) is 11.4. The number of ether oxygens (including phenoxy) is 9. The summed E-state index contributed by atoms with van der Waals surface area (Å²) in [6.45, 7) is -0.0552. The largest absolute Gasteiger partial charge is 0.453 e. The fraction of sp³-hybridized carbons (Fsp3) is 0.296. The van der Waals surface area contributed by atoms with E-state index in [-0.39, 0.29) is 44.2 Å². The van der Waals surface area contributed by atoms with Gasteiger partial charge in [0.1, 0.15) is 36.6 Å². The molecule has 2 aliphatic rings. The molecular formula is C54H54O13. The van der Waals surface area contributed by atoms with Gasteiger partial charge in [0.2, 0.25) is 0 Å². The van der Waals surface area contributed by atoms with Crippen molar-refractivity contribution in [2.45, 2.75) is 87.8 Å². The number of carbonyl (C=O) groups excluding carboxylic acids is 2. The Bertz CT molecular complexity index is 2380. The molecule has 8 rings (SSSR count). The van der Waals surface area contributed by atoms with E-state index in [0.29, 0.717) is 0 Å². The van der Waals surface area contributed by atoms with Crippen molar-refractivity contribution in [3.8, 4) is 0 Å². The van der Waals surface area contributed by atoms with Crippen LogP contribution in [0.5, 0.6) is 0 Å². The fourth-order valence-corrected chi connectivity index (χ4v) is 8.01. The molecule has 2 N–H and O–H groups in total. The van der Waals surface area contributed by atoms with Crippen LogP contribution in [0.1, 0.15) is 43.0 Å². The minimum Gasteiger partial charge on any atom is -0.453 e. The highest BCUT2D eigenvalue weighted by atomic mass is 16.8. The Morgan fingerprint density at radius 1 is 0.433 bits per heavy atom. The van der Waals surface area contributed by atoms with Crippen LogP contribution in [-0.4, -0.2) is 96.8 Å². The molecule has 0 amide bonds. The van der Waals surface area contributed by atoms with Crippen molar-refractivity contribution in [2.24, 2.45) is 0 Å². The number of hydrogen-bond acceptors (Lipinski definition) is 13. The van der Waals surface area contributed by atoms with Crippen LogP contribution in [0.4, 0.5) is 0 Å². The predicted octanol–water partition coefficient (Wildman–Crippen LogP) is 7.23. The van der Waals surface area contributed by atoms with Crippen molar-refractivity contribution >= 4 is 11.9 Å². The molecule has 0 aliphatic carbocycles. The van der Waals surface area contributed by atoms with E-state index in [1.807, 2.05) is 121 Å². The Balaban J connectivity index is 1.20. The van der Waals surface area contributed by atoms with E-state index in [1.54, 1.807) is 60.7 Å². The molecule has 2 heterocycles. The maximum absolute atomic E-state index is 13.9. The summed E-state index contributed by atoms with van der Waals surface area (Å²) in [5.41, 5.74) is 3.94. The highest BCUT2D eigenvalue weighted by Crippen LogP contribution is 2.36. The second-order valence-corrected chi connectivity index (χ2v) is 16.1. The first kappa shape index (κ1) is 47.4. The van der Waals surface area contributed by atoms with Crippen LogP contribution in [0.2, 0.25) is 0 Å². The van der Waals surface area contributed by atoms with Gasteiger partial charge < -0.3 is 52.8 Å². The van der Waals surface area contributed by atoms with Crippen LogP contribution in [0.15, 0.2) is 182 Å². The van der Waals surface area contributed by atoms with Crippen molar-refractivity contribution in [1.82, 2.24) is 0 Å². The molecular weight excluding hydrogens is 857 g/mol. The van der Waals surface area contributed by atoms with Crippen LogP contribution in [-0.2, 0) is 69.1 Å². The number of carbonyl (C=O) groups is 2. The standard InChI is InChI=1S/C54H54O13/c55-31-43-46(65-51(56)41-27-15-5-16-28-41)48(49(53(58)63-43)66-52(57)42-29-17-6-18-30-42)67-54-50(62-35-40-25-13-4-14-26-40)47(61-34-39-23-11-3-12-24-39)45(60-33-38-21-9-2-10-22-38)44(64-54)36-59-32-37-19-7-1-8-20-37/h1-30,43-50,53-55,58H,31-36H2/t43-,44-,45-,46-,47+,48+,49+,50+,53+,54?/m1/s1. The van der Waals surface area contributed by atoms with Gasteiger partial charge in [-0.05, 0) is 46.5 Å². The summed E-state index contributed by atoms with van der Waals surface area (Å²) in [5, 5.41) is 22.4. The third-order valence-electron chi connectivity index (χ3n) is 11.4. The van der Waals surface area contributed by atoms with Crippen molar-refractivity contribution in [3.05, 3.63) is 215 Å². The molecule has 10 atom stereocenters. The lowest BCUT2D eigenvalue weighted by Gasteiger charge is -2.49. The van der Waals surface area contributed by atoms with E-state index in [0.717, 1.165) is 22.3 Å². The molecule has 2 saturated heterocycles. The normalized spacial score (nSPS) is 24.9. The van der Waals surface area contributed by atoms with Crippen molar-refractivity contribution in [1.29, 1.82) is 0 Å². The molecule has 348 valence electrons. The third kappa shape index (κ3) is 12.9. The van der Waals surface area contributed by atoms with Crippen LogP contribution in [0.3, 0.4) is 0 Å². The van der Waals surface area contributed by atoms with Gasteiger partial charge in [-0.3, -0.25) is 0 Å². The average molecular weight is 911 g/mol. The van der Waals surface area contributed by atoms with Gasteiger partial charge in [-0.2, -0.15) is 0 Å². The Morgan fingerprint density at radius 3 is 1.30 bits per heavy atom. The minimum absolute atomic E-state index is 0.000671. The highest BCUT2D eigenvalue weighted by Gasteiger charge is 2.55. The molecule has 13 heteroatoms. The first-order valence-corrected chi connectivity index (χ1v) is 22.3. The van der Waals surface area contributed by atoms with Gasteiger partial charge in [0, 0.05) is 0 Å². The Hall–Kier alpha value is -6.10. The van der Waals surface area contributed by atoms with Crippen LogP contribution in [0.25, 0.3) is 0 Å². The molecule has 6 aromatic rings. The lowest BCUT2D eigenvalue weighted by atomic mass is 9.95. The van der Waals surface area contributed by atoms with Gasteiger partial charge in [-0.1, -0.05) is 158 Å². The monoisotopic (exact) mass is 910 g/mol. The molecule has 0 saturated carbocycles. The van der Waals surface area contributed by atoms with Crippen molar-refractivity contribution in [3.63, 3.8) is 0 Å². The Labute approximate surface area is 389 Å². The molecule has 0 bridgehead atoms. The summed E-state index contributed by atoms with van der Waals surface area (Å²) in [4.78, 5) is 27.7. The summed E-state index contributed by atoms with van der Waals surface area (Å²) in [5.74, 6) is -1.60. The number of hydrogen-bond donors (Lipinski definition) is 2. The van der Waals surface area contributed by atoms with Crippen molar-refractivity contribution < 1.29 is 62.4 Å². The zero-order valence-electron chi connectivity index (χ0n) is 36.7. The van der Waals surface area contributed by atoms with E-state index in [2.05, 4.69) is 0 Å². The number of esters is 2. The quantitative estimate of drug-likeness (QED) is 0.0741. The SMILES string of the molecule is O=C(O[C@H]1[C@@H](OC2O[C@H](COCc3ccccc3)[C@@H](OCc3ccccc3)[C@H](OCc3ccccc3)[C@@H]2OCc2ccccc2)[C@H](OC(=O)c2ccccc2)[C@@H](CO)O[C@@H]1O)c1ccccc1. The fourth-order valence-electron chi connectivity index (χ4n) is 8.01. The smallest absolute Gasteiger partial charge is 0.338 e. The Morgan fingerprint density at radius 2 is 0.836 bits per heavy atom. The molecule has 2 aliphatic heterocycles. The zero-order valence-corrected chi connectivity index (χ0v) is 36.7. The van der Waals surface area contributed by atoms with Crippen LogP contribution in [0, 0.1) is 0 Å². The molecule has 13 nitrogen and oxygen atoms in total.